The molecule has 1 heterocycles. The van der Waals surface area contributed by atoms with Gasteiger partial charge in [0.15, 0.2) is 0 Å². The van der Waals surface area contributed by atoms with Crippen molar-refractivity contribution >= 4 is 22.6 Å². The van der Waals surface area contributed by atoms with E-state index < -0.39 is 6.43 Å². The highest BCUT2D eigenvalue weighted by Crippen LogP contribution is 2.23. The number of hydrogen-bond donors (Lipinski definition) is 1. The number of nitrogens with zero attached hydrogens (tertiary/aromatic N) is 1. The van der Waals surface area contributed by atoms with E-state index in [9.17, 15) is 8.78 Å². The maximum absolute atomic E-state index is 12.4. The van der Waals surface area contributed by atoms with Crippen LogP contribution < -0.4 is 5.73 Å². The monoisotopic (exact) mass is 298 g/mol. The van der Waals surface area contributed by atoms with E-state index in [-0.39, 0.29) is 12.2 Å². The highest BCUT2D eigenvalue weighted by molar-refractivity contribution is 14.1. The molecule has 0 bridgehead atoms. The molecule has 0 fully saturated rings. The van der Waals surface area contributed by atoms with Crippen LogP contribution in [0.5, 0.6) is 0 Å². The maximum atomic E-state index is 12.4. The van der Waals surface area contributed by atoms with Crippen LogP contribution in [0.4, 0.5) is 8.78 Å². The van der Waals surface area contributed by atoms with Crippen molar-refractivity contribution in [2.45, 2.75) is 19.9 Å². The molecule has 0 amide bonds. The maximum Gasteiger partial charge on any atom is 0.280 e. The molecular weight excluding hydrogens is 289 g/mol. The third kappa shape index (κ3) is 2.34. The number of halogens is 3. The minimum atomic E-state index is -2.55. The summed E-state index contributed by atoms with van der Waals surface area (Å²) in [5.74, 6) is 0. The molecule has 1 aromatic rings. The summed E-state index contributed by atoms with van der Waals surface area (Å²) in [4.78, 5) is 3.81. The third-order valence-corrected chi connectivity index (χ3v) is 2.78. The minimum Gasteiger partial charge on any atom is -0.326 e. The summed E-state index contributed by atoms with van der Waals surface area (Å²) in [5.41, 5.74) is 6.18. The van der Waals surface area contributed by atoms with Crippen LogP contribution >= 0.6 is 22.6 Å². The molecule has 2 N–H and O–H groups in total. The van der Waals surface area contributed by atoms with E-state index in [0.29, 0.717) is 11.3 Å². The highest BCUT2D eigenvalue weighted by atomic mass is 127. The predicted octanol–water partition coefficient (Wildman–Crippen LogP) is 2.39. The Hall–Kier alpha value is -0.300. The molecule has 72 valence electrons. The summed E-state index contributed by atoms with van der Waals surface area (Å²) in [7, 11) is 0. The van der Waals surface area contributed by atoms with E-state index in [2.05, 4.69) is 27.6 Å². The zero-order valence-electron chi connectivity index (χ0n) is 7.02. The van der Waals surface area contributed by atoms with Crippen LogP contribution in [0, 0.1) is 10.5 Å². The summed E-state index contributed by atoms with van der Waals surface area (Å²) < 4.78 is 25.7. The molecule has 0 radical (unpaired) electrons. The second-order valence-electron chi connectivity index (χ2n) is 2.60. The molecule has 0 spiro atoms. The largest absolute Gasteiger partial charge is 0.326 e. The fourth-order valence-electron chi connectivity index (χ4n) is 0.990. The van der Waals surface area contributed by atoms with Gasteiger partial charge in [-0.15, -0.1) is 0 Å². The van der Waals surface area contributed by atoms with E-state index in [1.54, 1.807) is 13.0 Å². The van der Waals surface area contributed by atoms with Crippen molar-refractivity contribution < 1.29 is 8.78 Å². The SMILES string of the molecule is Cc1nc(C(F)F)c(CN)cc1I. The smallest absolute Gasteiger partial charge is 0.280 e. The topological polar surface area (TPSA) is 38.9 Å². The second-order valence-corrected chi connectivity index (χ2v) is 3.77. The fourth-order valence-corrected chi connectivity index (χ4v) is 1.49. The Kier molecular flexibility index (Phi) is 3.55. The number of alkyl halides is 2. The van der Waals surface area contributed by atoms with Crippen molar-refractivity contribution in [3.8, 4) is 0 Å². The van der Waals surface area contributed by atoms with Gasteiger partial charge in [-0.05, 0) is 41.1 Å². The molecule has 1 rings (SSSR count). The molecule has 2 nitrogen and oxygen atoms in total. The zero-order chi connectivity index (χ0) is 10.0. The van der Waals surface area contributed by atoms with Gasteiger partial charge in [-0.3, -0.25) is 4.98 Å². The molecular formula is C8H9F2IN2. The van der Waals surface area contributed by atoms with Crippen LogP contribution in [0.3, 0.4) is 0 Å². The number of rotatable bonds is 2. The first-order chi connectivity index (χ1) is 6.06. The molecule has 0 atom stereocenters. The lowest BCUT2D eigenvalue weighted by molar-refractivity contribution is 0.144. The molecule has 0 aliphatic heterocycles. The average molecular weight is 298 g/mol. The molecule has 0 unspecified atom stereocenters. The Bertz CT molecular complexity index is 315. The van der Waals surface area contributed by atoms with E-state index >= 15 is 0 Å². The standard InChI is InChI=1S/C8H9F2IN2/c1-4-6(11)2-5(3-12)7(13-4)8(9)10/h2,8H,3,12H2,1H3. The molecule has 0 aliphatic rings. The number of aryl methyl sites for hydroxylation is 1. The minimum absolute atomic E-state index is 0.100. The molecule has 0 aromatic carbocycles. The Balaban J connectivity index is 3.25. The number of nitrogens with two attached hydrogens (primary N) is 1. The van der Waals surface area contributed by atoms with Gasteiger partial charge in [0.2, 0.25) is 0 Å². The van der Waals surface area contributed by atoms with E-state index in [1.165, 1.54) is 0 Å². The van der Waals surface area contributed by atoms with Gasteiger partial charge in [0.1, 0.15) is 5.69 Å². The lowest BCUT2D eigenvalue weighted by atomic mass is 10.2. The Labute approximate surface area is 88.7 Å². The van der Waals surface area contributed by atoms with Crippen LogP contribution in [0.1, 0.15) is 23.4 Å². The van der Waals surface area contributed by atoms with E-state index in [4.69, 9.17) is 5.73 Å². The van der Waals surface area contributed by atoms with Crippen LogP contribution in [-0.2, 0) is 6.54 Å². The molecule has 13 heavy (non-hydrogen) atoms. The van der Waals surface area contributed by atoms with Crippen LogP contribution in [0.2, 0.25) is 0 Å². The van der Waals surface area contributed by atoms with Crippen molar-refractivity contribution in [3.63, 3.8) is 0 Å². The average Bonchev–Trinajstić information content (AvgIpc) is 2.08. The van der Waals surface area contributed by atoms with Crippen molar-refractivity contribution in [1.29, 1.82) is 0 Å². The third-order valence-electron chi connectivity index (χ3n) is 1.69. The van der Waals surface area contributed by atoms with Crippen molar-refractivity contribution in [2.75, 3.05) is 0 Å². The molecule has 0 saturated carbocycles. The number of pyridine rings is 1. The van der Waals surface area contributed by atoms with Gasteiger partial charge in [0.05, 0.1) is 5.69 Å². The first-order valence-electron chi connectivity index (χ1n) is 3.70. The normalized spacial score (nSPS) is 10.9. The van der Waals surface area contributed by atoms with Gasteiger partial charge in [-0.2, -0.15) is 0 Å². The van der Waals surface area contributed by atoms with Gasteiger partial charge in [-0.1, -0.05) is 0 Å². The van der Waals surface area contributed by atoms with E-state index in [0.717, 1.165) is 3.57 Å². The van der Waals surface area contributed by atoms with Crippen molar-refractivity contribution in [2.24, 2.45) is 5.73 Å². The van der Waals surface area contributed by atoms with Gasteiger partial charge in [-0.25, -0.2) is 8.78 Å². The molecule has 0 saturated heterocycles. The van der Waals surface area contributed by atoms with Crippen molar-refractivity contribution in [3.05, 3.63) is 26.6 Å². The Morgan fingerprint density at radius 3 is 2.69 bits per heavy atom. The molecule has 1 aromatic heterocycles. The molecule has 5 heteroatoms. The summed E-state index contributed by atoms with van der Waals surface area (Å²) >= 11 is 2.05. The van der Waals surface area contributed by atoms with Gasteiger partial charge in [0.25, 0.3) is 6.43 Å². The summed E-state index contributed by atoms with van der Waals surface area (Å²) in [6, 6.07) is 1.66. The number of aromatic nitrogens is 1. The zero-order valence-corrected chi connectivity index (χ0v) is 9.18. The lowest BCUT2D eigenvalue weighted by Crippen LogP contribution is -2.06. The lowest BCUT2D eigenvalue weighted by Gasteiger charge is -2.08. The first-order valence-corrected chi connectivity index (χ1v) is 4.78. The van der Waals surface area contributed by atoms with Gasteiger partial charge >= 0.3 is 0 Å². The van der Waals surface area contributed by atoms with Crippen molar-refractivity contribution in [1.82, 2.24) is 4.98 Å². The Morgan fingerprint density at radius 2 is 2.23 bits per heavy atom. The summed E-state index contributed by atoms with van der Waals surface area (Å²) in [6.07, 6.45) is -2.55. The fraction of sp³-hybridized carbons (Fsp3) is 0.375. The number of hydrogen-bond acceptors (Lipinski definition) is 2. The molecule has 0 aliphatic carbocycles. The second kappa shape index (κ2) is 4.28. The van der Waals surface area contributed by atoms with Crippen LogP contribution in [0.15, 0.2) is 6.07 Å². The van der Waals surface area contributed by atoms with Crippen LogP contribution in [-0.4, -0.2) is 4.98 Å². The highest BCUT2D eigenvalue weighted by Gasteiger charge is 2.15. The Morgan fingerprint density at radius 1 is 1.62 bits per heavy atom. The van der Waals surface area contributed by atoms with Gasteiger partial charge < -0.3 is 5.73 Å². The first kappa shape index (κ1) is 10.8. The summed E-state index contributed by atoms with van der Waals surface area (Å²) in [5, 5.41) is 0. The van der Waals surface area contributed by atoms with E-state index in [1.807, 2.05) is 0 Å². The van der Waals surface area contributed by atoms with Crippen LogP contribution in [0.25, 0.3) is 0 Å². The van der Waals surface area contributed by atoms with Gasteiger partial charge in [0, 0.05) is 10.1 Å². The predicted molar refractivity (Wildman–Crippen MR) is 54.5 cm³/mol. The summed E-state index contributed by atoms with van der Waals surface area (Å²) in [6.45, 7) is 1.80. The quantitative estimate of drug-likeness (QED) is 0.852.